The molecular formula is C11H12F2O. The maximum absolute atomic E-state index is 13.9. The van der Waals surface area contributed by atoms with E-state index in [-0.39, 0.29) is 29.8 Å². The minimum absolute atomic E-state index is 0.0266. The summed E-state index contributed by atoms with van der Waals surface area (Å²) in [5.74, 6) is -1.26. The summed E-state index contributed by atoms with van der Waals surface area (Å²) in [7, 11) is 0. The van der Waals surface area contributed by atoms with Crippen molar-refractivity contribution in [3.63, 3.8) is 0 Å². The van der Waals surface area contributed by atoms with Crippen LogP contribution in [0.2, 0.25) is 0 Å². The first-order chi connectivity index (χ1) is 6.65. The van der Waals surface area contributed by atoms with Crippen LogP contribution in [0, 0.1) is 46.8 Å². The number of aliphatic hydroxyl groups excluding tert-OH is 1. The van der Waals surface area contributed by atoms with Crippen molar-refractivity contribution in [3.05, 3.63) is 0 Å². The molecule has 0 spiro atoms. The average molecular weight is 198 g/mol. The second-order valence-electron chi connectivity index (χ2n) is 6.14. The first-order valence-electron chi connectivity index (χ1n) is 5.64. The molecule has 0 aliphatic heterocycles. The third-order valence-corrected chi connectivity index (χ3v) is 6.60. The van der Waals surface area contributed by atoms with Gasteiger partial charge in [0.25, 0.3) is 5.92 Å². The van der Waals surface area contributed by atoms with Crippen LogP contribution in [-0.4, -0.2) is 17.6 Å². The Labute approximate surface area is 80.5 Å². The molecule has 6 fully saturated rings. The fourth-order valence-electron chi connectivity index (χ4n) is 6.75. The highest BCUT2D eigenvalue weighted by atomic mass is 19.3. The third-order valence-electron chi connectivity index (χ3n) is 6.60. The number of aliphatic hydroxyl groups is 1. The number of hydrogen-bond donors (Lipinski definition) is 1. The number of alkyl halides is 2. The van der Waals surface area contributed by atoms with Crippen LogP contribution in [0.15, 0.2) is 0 Å². The van der Waals surface area contributed by atoms with Crippen molar-refractivity contribution in [3.8, 4) is 0 Å². The molecule has 6 saturated carbocycles. The highest BCUT2D eigenvalue weighted by Crippen LogP contribution is 2.96. The van der Waals surface area contributed by atoms with E-state index in [1.807, 2.05) is 0 Å². The van der Waals surface area contributed by atoms with Crippen molar-refractivity contribution in [1.82, 2.24) is 0 Å². The van der Waals surface area contributed by atoms with E-state index in [4.69, 9.17) is 0 Å². The molecular weight excluding hydrogens is 186 g/mol. The summed E-state index contributed by atoms with van der Waals surface area (Å²) in [6, 6.07) is 0. The fourth-order valence-corrected chi connectivity index (χ4v) is 6.75. The first kappa shape index (κ1) is 7.15. The Morgan fingerprint density at radius 2 is 2.00 bits per heavy atom. The van der Waals surface area contributed by atoms with Gasteiger partial charge in [-0.15, -0.1) is 0 Å². The van der Waals surface area contributed by atoms with Gasteiger partial charge in [0.15, 0.2) is 0 Å². The average Bonchev–Trinajstić information content (AvgIpc) is 2.54. The van der Waals surface area contributed by atoms with Gasteiger partial charge < -0.3 is 5.11 Å². The molecule has 6 rings (SSSR count). The molecule has 0 aromatic heterocycles. The topological polar surface area (TPSA) is 20.2 Å². The summed E-state index contributed by atoms with van der Waals surface area (Å²) in [5.41, 5.74) is -0.307. The van der Waals surface area contributed by atoms with Gasteiger partial charge in [-0.25, -0.2) is 8.78 Å². The van der Waals surface area contributed by atoms with E-state index in [9.17, 15) is 13.9 Å². The molecule has 0 amide bonds. The summed E-state index contributed by atoms with van der Waals surface area (Å²) in [5, 5.41) is 9.48. The van der Waals surface area contributed by atoms with Crippen LogP contribution in [0.4, 0.5) is 8.78 Å². The summed E-state index contributed by atoms with van der Waals surface area (Å²) in [6.45, 7) is 0.0266. The highest BCUT2D eigenvalue weighted by Gasteiger charge is 2.97. The maximum atomic E-state index is 13.9. The van der Waals surface area contributed by atoms with E-state index in [2.05, 4.69) is 0 Å². The SMILES string of the molecule is OC[C@@]12C3C4[C@H]5[C@@H](C[C@@H]41)[C@@H]2C(F)(F)[C@@H]35. The van der Waals surface area contributed by atoms with Gasteiger partial charge in [0, 0.05) is 23.9 Å². The second-order valence-corrected chi connectivity index (χ2v) is 6.14. The Balaban J connectivity index is 1.82. The largest absolute Gasteiger partial charge is 0.396 e. The lowest BCUT2D eigenvalue weighted by Gasteiger charge is -2.69. The van der Waals surface area contributed by atoms with Crippen molar-refractivity contribution >= 4 is 0 Å². The Kier molecular flexibility index (Phi) is 0.755. The maximum Gasteiger partial charge on any atom is 0.255 e. The van der Waals surface area contributed by atoms with Gasteiger partial charge in [0.1, 0.15) is 0 Å². The van der Waals surface area contributed by atoms with E-state index < -0.39 is 11.8 Å². The molecule has 14 heavy (non-hydrogen) atoms. The molecule has 4 bridgehead atoms. The number of hydrogen-bond acceptors (Lipinski definition) is 1. The predicted octanol–water partition coefficient (Wildman–Crippen LogP) is 1.37. The molecule has 0 aromatic rings. The van der Waals surface area contributed by atoms with E-state index in [1.54, 1.807) is 0 Å². The van der Waals surface area contributed by atoms with Crippen molar-refractivity contribution in [2.24, 2.45) is 46.8 Å². The van der Waals surface area contributed by atoms with Gasteiger partial charge in [-0.05, 0) is 36.0 Å². The van der Waals surface area contributed by atoms with Crippen LogP contribution in [0.1, 0.15) is 6.42 Å². The van der Waals surface area contributed by atoms with Gasteiger partial charge in [-0.1, -0.05) is 0 Å². The minimum atomic E-state index is -2.43. The van der Waals surface area contributed by atoms with Gasteiger partial charge >= 0.3 is 0 Å². The van der Waals surface area contributed by atoms with Crippen molar-refractivity contribution in [1.29, 1.82) is 0 Å². The Hall–Kier alpha value is -0.180. The van der Waals surface area contributed by atoms with Gasteiger partial charge in [0.05, 0.1) is 0 Å². The van der Waals surface area contributed by atoms with Crippen molar-refractivity contribution in [2.45, 2.75) is 12.3 Å². The fraction of sp³-hybridized carbons (Fsp3) is 1.00. The molecule has 8 atom stereocenters. The number of halogens is 2. The molecule has 1 nitrogen and oxygen atoms in total. The molecule has 3 heteroatoms. The van der Waals surface area contributed by atoms with Crippen LogP contribution in [0.25, 0.3) is 0 Å². The van der Waals surface area contributed by atoms with E-state index >= 15 is 0 Å². The molecule has 0 aromatic carbocycles. The number of rotatable bonds is 1. The zero-order valence-electron chi connectivity index (χ0n) is 7.66. The Morgan fingerprint density at radius 3 is 2.64 bits per heavy atom. The standard InChI is InChI=1S/C11H12F2O/c12-11(13)8-5-3-1-4-6(5)7(8)10(4,2-14)9(3)11/h3-9,14H,1-2H2/t3-,4+,5-,6?,7?,8-,9+,10+/m1/s1. The smallest absolute Gasteiger partial charge is 0.255 e. The zero-order valence-corrected chi connectivity index (χ0v) is 7.66. The molecule has 0 radical (unpaired) electrons. The summed E-state index contributed by atoms with van der Waals surface area (Å²) < 4.78 is 27.9. The lowest BCUT2D eigenvalue weighted by Crippen LogP contribution is -2.69. The van der Waals surface area contributed by atoms with Crippen LogP contribution in [0.5, 0.6) is 0 Å². The molecule has 0 heterocycles. The monoisotopic (exact) mass is 198 g/mol. The lowest BCUT2D eigenvalue weighted by atomic mass is 9.34. The molecule has 0 saturated heterocycles. The van der Waals surface area contributed by atoms with Gasteiger partial charge in [0.2, 0.25) is 0 Å². The predicted molar refractivity (Wildman–Crippen MR) is 43.5 cm³/mol. The lowest BCUT2D eigenvalue weighted by molar-refractivity contribution is -0.256. The van der Waals surface area contributed by atoms with E-state index in [1.165, 1.54) is 0 Å². The quantitative estimate of drug-likeness (QED) is 0.674. The third kappa shape index (κ3) is 0.329. The second kappa shape index (κ2) is 1.48. The highest BCUT2D eigenvalue weighted by molar-refractivity contribution is 5.41. The van der Waals surface area contributed by atoms with Gasteiger partial charge in [-0.3, -0.25) is 0 Å². The summed E-state index contributed by atoms with van der Waals surface area (Å²) in [4.78, 5) is 0. The summed E-state index contributed by atoms with van der Waals surface area (Å²) in [6.07, 6.45) is 1.00. The molecule has 6 aliphatic rings. The summed E-state index contributed by atoms with van der Waals surface area (Å²) >= 11 is 0. The van der Waals surface area contributed by atoms with Crippen LogP contribution in [0.3, 0.4) is 0 Å². The van der Waals surface area contributed by atoms with Crippen LogP contribution < -0.4 is 0 Å². The molecule has 1 N–H and O–H groups in total. The minimum Gasteiger partial charge on any atom is -0.396 e. The molecule has 2 unspecified atom stereocenters. The van der Waals surface area contributed by atoms with Crippen molar-refractivity contribution < 1.29 is 13.9 Å². The zero-order chi connectivity index (χ0) is 9.46. The Morgan fingerprint density at radius 1 is 1.21 bits per heavy atom. The van der Waals surface area contributed by atoms with E-state index in [0.717, 1.165) is 6.42 Å². The van der Waals surface area contributed by atoms with Crippen LogP contribution in [-0.2, 0) is 0 Å². The molecule has 6 aliphatic carbocycles. The molecule has 76 valence electrons. The normalized spacial score (nSPS) is 77.8. The van der Waals surface area contributed by atoms with Crippen LogP contribution >= 0.6 is 0 Å². The Bertz CT molecular complexity index is 368. The van der Waals surface area contributed by atoms with Gasteiger partial charge in [-0.2, -0.15) is 0 Å². The first-order valence-corrected chi connectivity index (χ1v) is 5.64. The van der Waals surface area contributed by atoms with E-state index in [0.29, 0.717) is 17.8 Å². The van der Waals surface area contributed by atoms with Crippen molar-refractivity contribution in [2.75, 3.05) is 6.61 Å².